The Morgan fingerprint density at radius 3 is 2.39 bits per heavy atom. The van der Waals surface area contributed by atoms with E-state index in [9.17, 15) is 9.59 Å². The predicted octanol–water partition coefficient (Wildman–Crippen LogP) is 5.09. The Morgan fingerprint density at radius 2 is 1.71 bits per heavy atom. The fourth-order valence-corrected chi connectivity index (χ4v) is 4.82. The first-order valence-corrected chi connectivity index (χ1v) is 12.5. The van der Waals surface area contributed by atoms with Gasteiger partial charge in [0.25, 0.3) is 0 Å². The molecule has 1 aliphatic carbocycles. The van der Waals surface area contributed by atoms with Gasteiger partial charge in [0.1, 0.15) is 6.04 Å². The number of rotatable bonds is 10. The van der Waals surface area contributed by atoms with Crippen molar-refractivity contribution in [1.82, 2.24) is 10.2 Å². The molecule has 1 fully saturated rings. The molecular formula is C26H34N2O2S. The second kappa shape index (κ2) is 11.9. The Labute approximate surface area is 190 Å². The maximum Gasteiger partial charge on any atom is 0.242 e. The summed E-state index contributed by atoms with van der Waals surface area (Å²) in [5.74, 6) is 1.64. The van der Waals surface area contributed by atoms with Crippen LogP contribution in [0.4, 0.5) is 0 Å². The van der Waals surface area contributed by atoms with Gasteiger partial charge in [0.2, 0.25) is 11.8 Å². The molecule has 2 amide bonds. The molecule has 0 saturated heterocycles. The molecule has 0 radical (unpaired) electrons. The summed E-state index contributed by atoms with van der Waals surface area (Å²) >= 11 is 1.76. The van der Waals surface area contributed by atoms with E-state index < -0.39 is 6.04 Å². The molecule has 0 aliphatic heterocycles. The standard InChI is InChI=1S/C26H34N2O2S/c1-20-12-14-22(15-13-20)18-28(21(2)26(30)27-24-10-6-7-11-24)25(29)16-17-31-19-23-8-4-3-5-9-23/h3-5,8-9,12-15,21,24H,6-7,10-11,16-19H2,1-2H3,(H,27,30). The van der Waals surface area contributed by atoms with Gasteiger partial charge in [-0.05, 0) is 37.8 Å². The van der Waals surface area contributed by atoms with E-state index in [1.54, 1.807) is 16.7 Å². The van der Waals surface area contributed by atoms with Crippen LogP contribution in [0.15, 0.2) is 54.6 Å². The number of carbonyl (C=O) groups is 2. The molecule has 166 valence electrons. The first kappa shape index (κ1) is 23.4. The zero-order valence-corrected chi connectivity index (χ0v) is 19.5. The van der Waals surface area contributed by atoms with Crippen molar-refractivity contribution in [2.24, 2.45) is 0 Å². The molecule has 0 aromatic heterocycles. The molecule has 0 heterocycles. The predicted molar refractivity (Wildman–Crippen MR) is 129 cm³/mol. The lowest BCUT2D eigenvalue weighted by molar-refractivity contribution is -0.140. The molecule has 4 nitrogen and oxygen atoms in total. The van der Waals surface area contributed by atoms with E-state index in [1.165, 1.54) is 24.0 Å². The lowest BCUT2D eigenvalue weighted by Crippen LogP contribution is -2.49. The topological polar surface area (TPSA) is 49.4 Å². The van der Waals surface area contributed by atoms with Crippen molar-refractivity contribution >= 4 is 23.6 Å². The van der Waals surface area contributed by atoms with Crippen LogP contribution < -0.4 is 5.32 Å². The highest BCUT2D eigenvalue weighted by Gasteiger charge is 2.28. The van der Waals surface area contributed by atoms with Crippen molar-refractivity contribution in [2.75, 3.05) is 5.75 Å². The Balaban J connectivity index is 1.59. The lowest BCUT2D eigenvalue weighted by atomic mass is 10.1. The normalized spacial score (nSPS) is 14.9. The van der Waals surface area contributed by atoms with Crippen LogP contribution in [-0.4, -0.2) is 34.6 Å². The molecule has 2 aromatic carbocycles. The van der Waals surface area contributed by atoms with Gasteiger partial charge in [-0.2, -0.15) is 11.8 Å². The zero-order valence-electron chi connectivity index (χ0n) is 18.7. The van der Waals surface area contributed by atoms with Gasteiger partial charge < -0.3 is 10.2 Å². The van der Waals surface area contributed by atoms with Gasteiger partial charge in [-0.15, -0.1) is 0 Å². The Hall–Kier alpha value is -2.27. The molecule has 1 atom stereocenters. The largest absolute Gasteiger partial charge is 0.352 e. The summed E-state index contributed by atoms with van der Waals surface area (Å²) < 4.78 is 0. The third-order valence-electron chi connectivity index (χ3n) is 5.91. The Kier molecular flexibility index (Phi) is 9.01. The van der Waals surface area contributed by atoms with E-state index in [-0.39, 0.29) is 17.9 Å². The smallest absolute Gasteiger partial charge is 0.242 e. The third-order valence-corrected chi connectivity index (χ3v) is 6.94. The van der Waals surface area contributed by atoms with E-state index in [0.717, 1.165) is 29.9 Å². The lowest BCUT2D eigenvalue weighted by Gasteiger charge is -2.30. The molecule has 1 saturated carbocycles. The molecule has 5 heteroatoms. The van der Waals surface area contributed by atoms with Crippen LogP contribution in [0, 0.1) is 6.92 Å². The fourth-order valence-electron chi connectivity index (χ4n) is 3.93. The third kappa shape index (κ3) is 7.42. The Bertz CT molecular complexity index is 832. The van der Waals surface area contributed by atoms with Crippen molar-refractivity contribution in [3.8, 4) is 0 Å². The maximum absolute atomic E-state index is 13.1. The summed E-state index contributed by atoms with van der Waals surface area (Å²) in [7, 11) is 0. The van der Waals surface area contributed by atoms with Crippen molar-refractivity contribution < 1.29 is 9.59 Å². The Morgan fingerprint density at radius 1 is 1.03 bits per heavy atom. The average Bonchev–Trinajstić information content (AvgIpc) is 3.29. The zero-order chi connectivity index (χ0) is 22.1. The van der Waals surface area contributed by atoms with Gasteiger partial charge in [-0.1, -0.05) is 73.0 Å². The maximum atomic E-state index is 13.1. The van der Waals surface area contributed by atoms with Crippen molar-refractivity contribution in [3.63, 3.8) is 0 Å². The molecule has 31 heavy (non-hydrogen) atoms. The molecule has 0 spiro atoms. The first-order valence-electron chi connectivity index (χ1n) is 11.3. The SMILES string of the molecule is Cc1ccc(CN(C(=O)CCSCc2ccccc2)C(C)C(=O)NC2CCCC2)cc1. The molecule has 1 N–H and O–H groups in total. The van der Waals surface area contributed by atoms with E-state index in [0.29, 0.717) is 13.0 Å². The van der Waals surface area contributed by atoms with Crippen LogP contribution in [0.3, 0.4) is 0 Å². The fraction of sp³-hybridized carbons (Fsp3) is 0.462. The van der Waals surface area contributed by atoms with Crippen molar-refractivity contribution in [1.29, 1.82) is 0 Å². The van der Waals surface area contributed by atoms with Crippen LogP contribution in [0.25, 0.3) is 0 Å². The number of hydrogen-bond acceptors (Lipinski definition) is 3. The van der Waals surface area contributed by atoms with Crippen LogP contribution in [-0.2, 0) is 21.9 Å². The highest BCUT2D eigenvalue weighted by Crippen LogP contribution is 2.19. The monoisotopic (exact) mass is 438 g/mol. The van der Waals surface area contributed by atoms with Crippen molar-refractivity contribution in [2.45, 2.75) is 70.3 Å². The van der Waals surface area contributed by atoms with Gasteiger partial charge in [-0.3, -0.25) is 9.59 Å². The van der Waals surface area contributed by atoms with Crippen LogP contribution in [0.2, 0.25) is 0 Å². The van der Waals surface area contributed by atoms with E-state index >= 15 is 0 Å². The summed E-state index contributed by atoms with van der Waals surface area (Å²) in [6.07, 6.45) is 4.86. The van der Waals surface area contributed by atoms with Crippen molar-refractivity contribution in [3.05, 3.63) is 71.3 Å². The number of aryl methyl sites for hydroxylation is 1. The number of benzene rings is 2. The van der Waals surface area contributed by atoms with Gasteiger partial charge in [0, 0.05) is 30.5 Å². The summed E-state index contributed by atoms with van der Waals surface area (Å²) in [6.45, 7) is 4.36. The highest BCUT2D eigenvalue weighted by molar-refractivity contribution is 7.98. The summed E-state index contributed by atoms with van der Waals surface area (Å²) in [5, 5.41) is 3.16. The van der Waals surface area contributed by atoms with E-state index in [1.807, 2.05) is 44.2 Å². The second-order valence-electron chi connectivity index (χ2n) is 8.46. The molecule has 3 rings (SSSR count). The number of amides is 2. The minimum absolute atomic E-state index is 0.0372. The minimum Gasteiger partial charge on any atom is -0.352 e. The van der Waals surface area contributed by atoms with E-state index in [2.05, 4.69) is 29.6 Å². The highest BCUT2D eigenvalue weighted by atomic mass is 32.2. The van der Waals surface area contributed by atoms with Gasteiger partial charge >= 0.3 is 0 Å². The molecular weight excluding hydrogens is 404 g/mol. The quantitative estimate of drug-likeness (QED) is 0.526. The first-order chi connectivity index (χ1) is 15.0. The number of thioether (sulfide) groups is 1. The number of nitrogens with zero attached hydrogens (tertiary/aromatic N) is 1. The minimum atomic E-state index is -0.478. The van der Waals surface area contributed by atoms with Gasteiger partial charge in [0.15, 0.2) is 0 Å². The number of hydrogen-bond donors (Lipinski definition) is 1. The summed E-state index contributed by atoms with van der Waals surface area (Å²) in [4.78, 5) is 27.8. The van der Waals surface area contributed by atoms with Gasteiger partial charge in [0.05, 0.1) is 0 Å². The summed E-state index contributed by atoms with van der Waals surface area (Å²) in [6, 6.07) is 18.3. The molecule has 1 aliphatic rings. The van der Waals surface area contributed by atoms with Gasteiger partial charge in [-0.25, -0.2) is 0 Å². The van der Waals surface area contributed by atoms with Crippen LogP contribution in [0.1, 0.15) is 55.7 Å². The number of nitrogens with one attached hydrogen (secondary N) is 1. The van der Waals surface area contributed by atoms with Crippen LogP contribution in [0.5, 0.6) is 0 Å². The van der Waals surface area contributed by atoms with E-state index in [4.69, 9.17) is 0 Å². The average molecular weight is 439 g/mol. The number of carbonyl (C=O) groups excluding carboxylic acids is 2. The van der Waals surface area contributed by atoms with Crippen LogP contribution >= 0.6 is 11.8 Å². The second-order valence-corrected chi connectivity index (χ2v) is 9.57. The molecule has 1 unspecified atom stereocenters. The summed E-state index contributed by atoms with van der Waals surface area (Å²) in [5.41, 5.74) is 3.50. The molecule has 0 bridgehead atoms. The molecule has 2 aromatic rings.